The zero-order valence-corrected chi connectivity index (χ0v) is 13.3. The minimum Gasteiger partial charge on any atom is -0.489 e. The third kappa shape index (κ3) is 2.46. The molecular formula is C20H24O. The van der Waals surface area contributed by atoms with Crippen molar-refractivity contribution in [1.29, 1.82) is 0 Å². The average Bonchev–Trinajstić information content (AvgIpc) is 2.54. The summed E-state index contributed by atoms with van der Waals surface area (Å²) in [5.41, 5.74) is 2.95. The van der Waals surface area contributed by atoms with Crippen LogP contribution in [-0.4, -0.2) is 6.61 Å². The maximum absolute atomic E-state index is 6.07. The highest BCUT2D eigenvalue weighted by Crippen LogP contribution is 2.42. The second-order valence-corrected chi connectivity index (χ2v) is 6.32. The Kier molecular flexibility index (Phi) is 3.75. The lowest BCUT2D eigenvalue weighted by atomic mass is 9.75. The zero-order valence-electron chi connectivity index (χ0n) is 13.3. The standard InChI is InChI=1S/C20H24O/c1-4-12-20(3,5-2)16-13-18-17-9-7-6-8-15(17)10-11-19(18)21-14-16/h6-11,13H,4-5,12,14H2,1-3H3. The molecule has 0 spiro atoms. The van der Waals surface area contributed by atoms with E-state index >= 15 is 0 Å². The van der Waals surface area contributed by atoms with Crippen LogP contribution in [0.2, 0.25) is 0 Å². The number of hydrogen-bond acceptors (Lipinski definition) is 1. The fourth-order valence-electron chi connectivity index (χ4n) is 3.39. The minimum atomic E-state index is 0.253. The van der Waals surface area contributed by atoms with E-state index in [9.17, 15) is 0 Å². The van der Waals surface area contributed by atoms with Gasteiger partial charge in [-0.25, -0.2) is 0 Å². The Morgan fingerprint density at radius 2 is 1.90 bits per heavy atom. The van der Waals surface area contributed by atoms with Gasteiger partial charge in [-0.1, -0.05) is 57.5 Å². The van der Waals surface area contributed by atoms with Crippen molar-refractivity contribution >= 4 is 16.8 Å². The second-order valence-electron chi connectivity index (χ2n) is 6.32. The number of ether oxygens (including phenoxy) is 1. The Morgan fingerprint density at radius 1 is 1.10 bits per heavy atom. The average molecular weight is 280 g/mol. The van der Waals surface area contributed by atoms with Gasteiger partial charge in [-0.3, -0.25) is 0 Å². The van der Waals surface area contributed by atoms with Gasteiger partial charge in [0.05, 0.1) is 0 Å². The summed E-state index contributed by atoms with van der Waals surface area (Å²) < 4.78 is 6.07. The molecule has 21 heavy (non-hydrogen) atoms. The smallest absolute Gasteiger partial charge is 0.127 e. The quantitative estimate of drug-likeness (QED) is 0.684. The van der Waals surface area contributed by atoms with Crippen LogP contribution in [0.15, 0.2) is 42.0 Å². The van der Waals surface area contributed by atoms with Gasteiger partial charge in [-0.15, -0.1) is 0 Å². The summed E-state index contributed by atoms with van der Waals surface area (Å²) in [7, 11) is 0. The fraction of sp³-hybridized carbons (Fsp3) is 0.400. The Bertz CT molecular complexity index is 683. The summed E-state index contributed by atoms with van der Waals surface area (Å²) in [5.74, 6) is 1.02. The lowest BCUT2D eigenvalue weighted by molar-refractivity contribution is 0.269. The molecule has 1 aliphatic heterocycles. The van der Waals surface area contributed by atoms with E-state index < -0.39 is 0 Å². The summed E-state index contributed by atoms with van der Waals surface area (Å²) in [5, 5.41) is 2.58. The van der Waals surface area contributed by atoms with Gasteiger partial charge in [-0.05, 0) is 46.7 Å². The van der Waals surface area contributed by atoms with Gasteiger partial charge in [0.15, 0.2) is 0 Å². The van der Waals surface area contributed by atoms with Crippen molar-refractivity contribution in [2.24, 2.45) is 5.41 Å². The zero-order chi connectivity index (χ0) is 14.9. The largest absolute Gasteiger partial charge is 0.489 e. The van der Waals surface area contributed by atoms with E-state index in [4.69, 9.17) is 4.74 Å². The predicted octanol–water partition coefficient (Wildman–Crippen LogP) is 5.83. The number of hydrogen-bond donors (Lipinski definition) is 0. The first-order valence-corrected chi connectivity index (χ1v) is 8.03. The molecule has 1 heterocycles. The van der Waals surface area contributed by atoms with E-state index in [0.717, 1.165) is 18.8 Å². The maximum Gasteiger partial charge on any atom is 0.127 e. The summed E-state index contributed by atoms with van der Waals surface area (Å²) in [6, 6.07) is 12.8. The van der Waals surface area contributed by atoms with Crippen LogP contribution in [0.5, 0.6) is 5.75 Å². The molecule has 3 rings (SSSR count). The first-order valence-electron chi connectivity index (χ1n) is 8.03. The lowest BCUT2D eigenvalue weighted by Gasteiger charge is -2.34. The van der Waals surface area contributed by atoms with Crippen LogP contribution in [0.1, 0.15) is 45.6 Å². The molecule has 1 heteroatoms. The van der Waals surface area contributed by atoms with E-state index in [1.54, 1.807) is 0 Å². The van der Waals surface area contributed by atoms with Crippen LogP contribution < -0.4 is 4.74 Å². The molecule has 0 saturated carbocycles. The van der Waals surface area contributed by atoms with E-state index in [0.29, 0.717) is 0 Å². The van der Waals surface area contributed by atoms with E-state index in [1.807, 2.05) is 0 Å². The fourth-order valence-corrected chi connectivity index (χ4v) is 3.39. The SMILES string of the molecule is CCCC(C)(CC)C1=Cc2c(ccc3ccccc23)OC1. The summed E-state index contributed by atoms with van der Waals surface area (Å²) in [6.45, 7) is 7.66. The Labute approximate surface area is 127 Å². The number of fused-ring (bicyclic) bond motifs is 3. The van der Waals surface area contributed by atoms with Crippen LogP contribution in [0.25, 0.3) is 16.8 Å². The molecule has 1 unspecified atom stereocenters. The van der Waals surface area contributed by atoms with E-state index in [2.05, 4.69) is 63.2 Å². The van der Waals surface area contributed by atoms with Crippen molar-refractivity contribution in [3.05, 3.63) is 47.5 Å². The summed E-state index contributed by atoms with van der Waals surface area (Å²) >= 11 is 0. The molecule has 0 N–H and O–H groups in total. The van der Waals surface area contributed by atoms with Crippen molar-refractivity contribution in [3.63, 3.8) is 0 Å². The highest BCUT2D eigenvalue weighted by Gasteiger charge is 2.29. The molecule has 2 aromatic carbocycles. The van der Waals surface area contributed by atoms with Crippen LogP contribution in [-0.2, 0) is 0 Å². The summed E-state index contributed by atoms with van der Waals surface area (Å²) in [4.78, 5) is 0. The van der Waals surface area contributed by atoms with Crippen molar-refractivity contribution in [3.8, 4) is 5.75 Å². The molecule has 110 valence electrons. The van der Waals surface area contributed by atoms with Gasteiger partial charge in [-0.2, -0.15) is 0 Å². The van der Waals surface area contributed by atoms with Crippen LogP contribution >= 0.6 is 0 Å². The topological polar surface area (TPSA) is 9.23 Å². The molecule has 1 aliphatic rings. The van der Waals surface area contributed by atoms with Crippen LogP contribution in [0.4, 0.5) is 0 Å². The van der Waals surface area contributed by atoms with Crippen molar-refractivity contribution in [2.75, 3.05) is 6.61 Å². The monoisotopic (exact) mass is 280 g/mol. The van der Waals surface area contributed by atoms with Gasteiger partial charge >= 0.3 is 0 Å². The molecule has 0 aromatic heterocycles. The molecular weight excluding hydrogens is 256 g/mol. The van der Waals surface area contributed by atoms with Gasteiger partial charge in [0.25, 0.3) is 0 Å². The second kappa shape index (κ2) is 5.55. The third-order valence-corrected chi connectivity index (χ3v) is 4.99. The molecule has 0 amide bonds. The maximum atomic E-state index is 6.07. The molecule has 0 fully saturated rings. The van der Waals surface area contributed by atoms with Crippen LogP contribution in [0.3, 0.4) is 0 Å². The van der Waals surface area contributed by atoms with Gasteiger partial charge in [0.1, 0.15) is 12.4 Å². The Balaban J connectivity index is 2.13. The molecule has 0 radical (unpaired) electrons. The Hall–Kier alpha value is -1.76. The molecule has 2 aromatic rings. The highest BCUT2D eigenvalue weighted by atomic mass is 16.5. The third-order valence-electron chi connectivity index (χ3n) is 4.99. The number of rotatable bonds is 4. The molecule has 0 saturated heterocycles. The van der Waals surface area contributed by atoms with Crippen molar-refractivity contribution in [1.82, 2.24) is 0 Å². The van der Waals surface area contributed by atoms with Crippen molar-refractivity contribution < 1.29 is 4.74 Å². The van der Waals surface area contributed by atoms with E-state index in [1.165, 1.54) is 34.8 Å². The minimum absolute atomic E-state index is 0.253. The first-order chi connectivity index (χ1) is 10.2. The Morgan fingerprint density at radius 3 is 2.67 bits per heavy atom. The number of benzene rings is 2. The molecule has 0 aliphatic carbocycles. The van der Waals surface area contributed by atoms with Crippen molar-refractivity contribution in [2.45, 2.75) is 40.0 Å². The molecule has 0 bridgehead atoms. The molecule has 1 nitrogen and oxygen atoms in total. The van der Waals surface area contributed by atoms with Gasteiger partial charge in [0, 0.05) is 5.56 Å². The highest BCUT2D eigenvalue weighted by molar-refractivity contribution is 5.94. The predicted molar refractivity (Wildman–Crippen MR) is 90.7 cm³/mol. The first kappa shape index (κ1) is 14.2. The molecule has 1 atom stereocenters. The van der Waals surface area contributed by atoms with Gasteiger partial charge < -0.3 is 4.74 Å². The normalized spacial score (nSPS) is 16.8. The summed E-state index contributed by atoms with van der Waals surface area (Å²) in [6.07, 6.45) is 5.99. The van der Waals surface area contributed by atoms with Gasteiger partial charge in [0.2, 0.25) is 0 Å². The lowest BCUT2D eigenvalue weighted by Crippen LogP contribution is -2.24. The van der Waals surface area contributed by atoms with E-state index in [-0.39, 0.29) is 5.41 Å². The van der Waals surface area contributed by atoms with Crippen LogP contribution in [0, 0.1) is 5.41 Å².